The summed E-state index contributed by atoms with van der Waals surface area (Å²) < 4.78 is 28.9. The number of ether oxygens (including phenoxy) is 1. The zero-order chi connectivity index (χ0) is 21.7. The molecule has 6 nitrogen and oxygen atoms in total. The van der Waals surface area contributed by atoms with Crippen molar-refractivity contribution in [3.63, 3.8) is 0 Å². The van der Waals surface area contributed by atoms with Crippen LogP contribution in [0.15, 0.2) is 54.6 Å². The lowest BCUT2D eigenvalue weighted by Gasteiger charge is -2.33. The molecule has 2 aromatic rings. The lowest BCUT2D eigenvalue weighted by molar-refractivity contribution is -0.138. The second-order valence-electron chi connectivity index (χ2n) is 7.63. The molecule has 1 saturated heterocycles. The molecule has 2 aromatic carbocycles. The summed E-state index contributed by atoms with van der Waals surface area (Å²) >= 11 is 0. The van der Waals surface area contributed by atoms with Crippen LogP contribution in [0.5, 0.6) is 0 Å². The van der Waals surface area contributed by atoms with Crippen molar-refractivity contribution in [3.8, 4) is 11.1 Å². The van der Waals surface area contributed by atoms with Crippen LogP contribution in [0.4, 0.5) is 0 Å². The van der Waals surface area contributed by atoms with Gasteiger partial charge in [0, 0.05) is 12.1 Å². The van der Waals surface area contributed by atoms with Crippen LogP contribution in [0.1, 0.15) is 37.0 Å². The van der Waals surface area contributed by atoms with E-state index in [1.807, 2.05) is 56.3 Å². The van der Waals surface area contributed by atoms with Gasteiger partial charge in [-0.05, 0) is 43.0 Å². The number of carbonyl (C=O) groups is 2. The average Bonchev–Trinajstić information content (AvgIpc) is 3.11. The Morgan fingerprint density at radius 2 is 1.70 bits per heavy atom. The quantitative estimate of drug-likeness (QED) is 0.631. The summed E-state index contributed by atoms with van der Waals surface area (Å²) in [4.78, 5) is 26.7. The van der Waals surface area contributed by atoms with E-state index >= 15 is 0 Å². The molecule has 0 aromatic heterocycles. The molecule has 0 aliphatic carbocycles. The normalized spacial score (nSPS) is 18.5. The fourth-order valence-electron chi connectivity index (χ4n) is 3.72. The Morgan fingerprint density at radius 3 is 2.27 bits per heavy atom. The summed E-state index contributed by atoms with van der Waals surface area (Å²) in [6.45, 7) is 3.42. The number of nitrogens with zero attached hydrogens (tertiary/aromatic N) is 1. The van der Waals surface area contributed by atoms with Crippen LogP contribution >= 0.6 is 0 Å². The number of hydrogen-bond donors (Lipinski definition) is 0. The molecule has 30 heavy (non-hydrogen) atoms. The third kappa shape index (κ3) is 5.27. The molecule has 0 radical (unpaired) electrons. The molecule has 1 heterocycles. The predicted octanol–water partition coefficient (Wildman–Crippen LogP) is 3.32. The fraction of sp³-hybridized carbons (Fsp3) is 0.391. The van der Waals surface area contributed by atoms with E-state index in [1.54, 1.807) is 17.0 Å². The maximum absolute atomic E-state index is 12.8. The van der Waals surface area contributed by atoms with E-state index in [0.29, 0.717) is 18.4 Å². The number of carbonyl (C=O) groups excluding carboxylic acids is 2. The molecule has 0 spiro atoms. The zero-order valence-electron chi connectivity index (χ0n) is 17.3. The predicted molar refractivity (Wildman–Crippen MR) is 116 cm³/mol. The van der Waals surface area contributed by atoms with Gasteiger partial charge >= 0.3 is 5.97 Å². The first kappa shape index (κ1) is 22.0. The van der Waals surface area contributed by atoms with Gasteiger partial charge in [0.05, 0.1) is 17.1 Å². The van der Waals surface area contributed by atoms with Gasteiger partial charge in [-0.2, -0.15) is 0 Å². The molecule has 0 bridgehead atoms. The van der Waals surface area contributed by atoms with Gasteiger partial charge in [-0.1, -0.05) is 49.4 Å². The Kier molecular flexibility index (Phi) is 6.92. The largest absolute Gasteiger partial charge is 0.452 e. The minimum absolute atomic E-state index is 0.0298. The van der Waals surface area contributed by atoms with Crippen molar-refractivity contribution in [1.82, 2.24) is 4.90 Å². The highest BCUT2D eigenvalue weighted by atomic mass is 32.2. The SMILES string of the molecule is CCC(C)N(C(=O)COC(=O)c1ccc(-c2ccccc2)cc1)C1CCS(=O)(=O)C1. The Morgan fingerprint density at radius 1 is 1.07 bits per heavy atom. The molecule has 3 rings (SSSR count). The highest BCUT2D eigenvalue weighted by molar-refractivity contribution is 7.91. The van der Waals surface area contributed by atoms with Gasteiger partial charge in [-0.15, -0.1) is 0 Å². The number of rotatable bonds is 7. The third-order valence-electron chi connectivity index (χ3n) is 5.51. The maximum atomic E-state index is 12.8. The van der Waals surface area contributed by atoms with E-state index < -0.39 is 22.4 Å². The van der Waals surface area contributed by atoms with Gasteiger partial charge in [-0.25, -0.2) is 13.2 Å². The van der Waals surface area contributed by atoms with Crippen molar-refractivity contribution in [2.75, 3.05) is 18.1 Å². The fourth-order valence-corrected chi connectivity index (χ4v) is 5.43. The second kappa shape index (κ2) is 9.43. The van der Waals surface area contributed by atoms with E-state index in [2.05, 4.69) is 0 Å². The summed E-state index contributed by atoms with van der Waals surface area (Å²) in [5, 5.41) is 0. The van der Waals surface area contributed by atoms with Gasteiger partial charge in [0.1, 0.15) is 0 Å². The van der Waals surface area contributed by atoms with E-state index in [4.69, 9.17) is 4.74 Å². The topological polar surface area (TPSA) is 80.8 Å². The number of amides is 1. The van der Waals surface area contributed by atoms with Gasteiger partial charge < -0.3 is 9.64 Å². The molecular formula is C23H27NO5S. The highest BCUT2D eigenvalue weighted by Gasteiger charge is 2.36. The first-order valence-corrected chi connectivity index (χ1v) is 12.0. The van der Waals surface area contributed by atoms with Gasteiger partial charge in [0.25, 0.3) is 5.91 Å². The first-order chi connectivity index (χ1) is 14.3. The first-order valence-electron chi connectivity index (χ1n) is 10.1. The van der Waals surface area contributed by atoms with E-state index in [0.717, 1.165) is 11.1 Å². The monoisotopic (exact) mass is 429 g/mol. The van der Waals surface area contributed by atoms with Crippen molar-refractivity contribution in [2.45, 2.75) is 38.8 Å². The van der Waals surface area contributed by atoms with Crippen molar-refractivity contribution in [1.29, 1.82) is 0 Å². The second-order valence-corrected chi connectivity index (χ2v) is 9.86. The molecule has 0 N–H and O–H groups in total. The summed E-state index contributed by atoms with van der Waals surface area (Å²) in [6.07, 6.45) is 1.12. The summed E-state index contributed by atoms with van der Waals surface area (Å²) in [5.41, 5.74) is 2.39. The molecule has 1 aliphatic rings. The average molecular weight is 430 g/mol. The molecule has 2 atom stereocenters. The standard InChI is InChI=1S/C23H27NO5S/c1-3-17(2)24(21-13-14-30(27,28)16-21)22(25)15-29-23(26)20-11-9-19(10-12-20)18-7-5-4-6-8-18/h4-12,17,21H,3,13-16H2,1-2H3. The number of hydrogen-bond acceptors (Lipinski definition) is 5. The van der Waals surface area contributed by atoms with Crippen molar-refractivity contribution in [2.24, 2.45) is 0 Å². The highest BCUT2D eigenvalue weighted by Crippen LogP contribution is 2.22. The van der Waals surface area contributed by atoms with Crippen LogP contribution in [0.25, 0.3) is 11.1 Å². The van der Waals surface area contributed by atoms with Gasteiger partial charge in [-0.3, -0.25) is 4.79 Å². The molecule has 160 valence electrons. The van der Waals surface area contributed by atoms with Gasteiger partial charge in [0.2, 0.25) is 0 Å². The van der Waals surface area contributed by atoms with Crippen LogP contribution in [-0.4, -0.2) is 55.4 Å². The van der Waals surface area contributed by atoms with Crippen molar-refractivity contribution in [3.05, 3.63) is 60.2 Å². The molecule has 7 heteroatoms. The van der Waals surface area contributed by atoms with Crippen LogP contribution in [0.3, 0.4) is 0 Å². The van der Waals surface area contributed by atoms with Crippen LogP contribution in [0, 0.1) is 0 Å². The minimum atomic E-state index is -3.12. The lowest BCUT2D eigenvalue weighted by Crippen LogP contribution is -2.48. The minimum Gasteiger partial charge on any atom is -0.452 e. The van der Waals surface area contributed by atoms with Gasteiger partial charge in [0.15, 0.2) is 16.4 Å². The zero-order valence-corrected chi connectivity index (χ0v) is 18.1. The molecule has 1 fully saturated rings. The molecule has 0 saturated carbocycles. The van der Waals surface area contributed by atoms with E-state index in [9.17, 15) is 18.0 Å². The van der Waals surface area contributed by atoms with E-state index in [-0.39, 0.29) is 29.5 Å². The van der Waals surface area contributed by atoms with E-state index in [1.165, 1.54) is 0 Å². The number of benzene rings is 2. The van der Waals surface area contributed by atoms with Crippen LogP contribution in [0.2, 0.25) is 0 Å². The third-order valence-corrected chi connectivity index (χ3v) is 7.26. The van der Waals surface area contributed by atoms with Crippen molar-refractivity contribution < 1.29 is 22.7 Å². The Balaban J connectivity index is 1.63. The van der Waals surface area contributed by atoms with Crippen LogP contribution in [-0.2, 0) is 19.4 Å². The lowest BCUT2D eigenvalue weighted by atomic mass is 10.0. The molecule has 1 aliphatic heterocycles. The Labute approximate surface area is 177 Å². The Bertz CT molecular complexity index is 986. The summed E-state index contributed by atoms with van der Waals surface area (Å²) in [7, 11) is -3.12. The maximum Gasteiger partial charge on any atom is 0.338 e. The smallest absolute Gasteiger partial charge is 0.338 e. The number of sulfone groups is 1. The summed E-state index contributed by atoms with van der Waals surface area (Å²) in [6, 6.07) is 16.3. The molecule has 2 unspecified atom stereocenters. The van der Waals surface area contributed by atoms with Crippen molar-refractivity contribution >= 4 is 21.7 Å². The van der Waals surface area contributed by atoms with Crippen LogP contribution < -0.4 is 0 Å². The Hall–Kier alpha value is -2.67. The molecule has 1 amide bonds. The summed E-state index contributed by atoms with van der Waals surface area (Å²) in [5.74, 6) is -0.879. The molecular weight excluding hydrogens is 402 g/mol. The number of esters is 1.